The number of hydrogen-bond donors (Lipinski definition) is 0. The van der Waals surface area contributed by atoms with Gasteiger partial charge in [0.1, 0.15) is 11.6 Å². The third-order valence-electron chi connectivity index (χ3n) is 6.37. The number of halogens is 2. The highest BCUT2D eigenvalue weighted by molar-refractivity contribution is 7.99. The monoisotopic (exact) mass is 511 g/mol. The van der Waals surface area contributed by atoms with Crippen molar-refractivity contribution in [2.24, 2.45) is 0 Å². The standard InChI is InChI=1S/C27H27Cl2N3OS/c28-21-13-14-25(24(29)18-21)33-15-16-34-27-31-30-26(32(27)22-10-2-1-3-11-22)17-20-9-6-8-19-7-4-5-12-23(19)20/h4-9,12-14,18,22H,1-3,10-11,15-17H2. The summed E-state index contributed by atoms with van der Waals surface area (Å²) in [7, 11) is 0. The van der Waals surface area contributed by atoms with Crippen LogP contribution in [0.4, 0.5) is 0 Å². The van der Waals surface area contributed by atoms with Gasteiger partial charge in [0, 0.05) is 23.2 Å². The minimum absolute atomic E-state index is 0.461. The molecule has 7 heteroatoms. The summed E-state index contributed by atoms with van der Waals surface area (Å²) in [6.07, 6.45) is 6.99. The second kappa shape index (κ2) is 11.0. The summed E-state index contributed by atoms with van der Waals surface area (Å²) in [4.78, 5) is 0. The molecule has 0 unspecified atom stereocenters. The van der Waals surface area contributed by atoms with Crippen molar-refractivity contribution in [1.29, 1.82) is 0 Å². The van der Waals surface area contributed by atoms with Gasteiger partial charge in [-0.15, -0.1) is 10.2 Å². The first kappa shape index (κ1) is 23.5. The van der Waals surface area contributed by atoms with Crippen molar-refractivity contribution in [2.75, 3.05) is 12.4 Å². The topological polar surface area (TPSA) is 39.9 Å². The molecule has 5 rings (SSSR count). The SMILES string of the molecule is Clc1ccc(OCCSc2nnc(Cc3cccc4ccccc34)n2C2CCCCC2)c(Cl)c1. The zero-order chi connectivity index (χ0) is 23.3. The highest BCUT2D eigenvalue weighted by atomic mass is 35.5. The molecule has 0 N–H and O–H groups in total. The molecule has 4 nitrogen and oxygen atoms in total. The van der Waals surface area contributed by atoms with Crippen LogP contribution in [0, 0.1) is 0 Å². The fourth-order valence-electron chi connectivity index (χ4n) is 4.73. The molecule has 0 saturated heterocycles. The van der Waals surface area contributed by atoms with Gasteiger partial charge in [0.15, 0.2) is 5.16 Å². The second-order valence-electron chi connectivity index (χ2n) is 8.65. The zero-order valence-corrected chi connectivity index (χ0v) is 21.3. The van der Waals surface area contributed by atoms with Gasteiger partial charge >= 0.3 is 0 Å². The fourth-order valence-corrected chi connectivity index (χ4v) is 6.03. The van der Waals surface area contributed by atoms with Gasteiger partial charge in [-0.3, -0.25) is 0 Å². The van der Waals surface area contributed by atoms with Gasteiger partial charge in [-0.2, -0.15) is 0 Å². The summed E-state index contributed by atoms with van der Waals surface area (Å²) in [5.74, 6) is 2.46. The molecule has 0 spiro atoms. The lowest BCUT2D eigenvalue weighted by Crippen LogP contribution is -2.17. The van der Waals surface area contributed by atoms with E-state index in [-0.39, 0.29) is 0 Å². The van der Waals surface area contributed by atoms with Crippen molar-refractivity contribution in [3.8, 4) is 5.75 Å². The molecule has 0 amide bonds. The number of nitrogens with zero attached hydrogens (tertiary/aromatic N) is 3. The van der Waals surface area contributed by atoms with Crippen LogP contribution >= 0.6 is 35.0 Å². The van der Waals surface area contributed by atoms with Gasteiger partial charge in [0.25, 0.3) is 0 Å². The van der Waals surface area contributed by atoms with Crippen LogP contribution in [0.25, 0.3) is 10.8 Å². The van der Waals surface area contributed by atoms with Crippen LogP contribution in [0.3, 0.4) is 0 Å². The maximum Gasteiger partial charge on any atom is 0.191 e. The van der Waals surface area contributed by atoms with Gasteiger partial charge in [-0.25, -0.2) is 0 Å². The quantitative estimate of drug-likeness (QED) is 0.177. The lowest BCUT2D eigenvalue weighted by molar-refractivity contribution is 0.329. The third-order valence-corrected chi connectivity index (χ3v) is 7.81. The molecule has 1 saturated carbocycles. The number of aromatic nitrogens is 3. The summed E-state index contributed by atoms with van der Waals surface area (Å²) in [6.45, 7) is 0.530. The zero-order valence-electron chi connectivity index (χ0n) is 18.9. The van der Waals surface area contributed by atoms with Gasteiger partial charge in [0.05, 0.1) is 11.6 Å². The van der Waals surface area contributed by atoms with Crippen molar-refractivity contribution in [3.63, 3.8) is 0 Å². The Kier molecular flexibility index (Phi) is 7.63. The molecule has 0 aliphatic heterocycles. The van der Waals surface area contributed by atoms with E-state index < -0.39 is 0 Å². The molecule has 1 aliphatic rings. The molecule has 0 bridgehead atoms. The first-order chi connectivity index (χ1) is 16.7. The Morgan fingerprint density at radius 3 is 2.62 bits per heavy atom. The van der Waals surface area contributed by atoms with Crippen LogP contribution in [-0.2, 0) is 6.42 Å². The van der Waals surface area contributed by atoms with E-state index in [1.807, 2.05) is 6.07 Å². The molecule has 1 fully saturated rings. The summed E-state index contributed by atoms with van der Waals surface area (Å²) in [6, 6.07) is 20.8. The lowest BCUT2D eigenvalue weighted by Gasteiger charge is -2.25. The highest BCUT2D eigenvalue weighted by Crippen LogP contribution is 2.34. The Balaban J connectivity index is 1.34. The van der Waals surface area contributed by atoms with Gasteiger partial charge < -0.3 is 9.30 Å². The van der Waals surface area contributed by atoms with Crippen LogP contribution < -0.4 is 4.74 Å². The molecule has 34 heavy (non-hydrogen) atoms. The average molecular weight is 513 g/mol. The summed E-state index contributed by atoms with van der Waals surface area (Å²) in [5, 5.41) is 13.9. The molecule has 176 valence electrons. The molecule has 3 aromatic carbocycles. The fraction of sp³-hybridized carbons (Fsp3) is 0.333. The predicted molar refractivity (Wildman–Crippen MR) is 142 cm³/mol. The molecule has 0 radical (unpaired) electrons. The first-order valence-electron chi connectivity index (χ1n) is 11.8. The number of fused-ring (bicyclic) bond motifs is 1. The van der Waals surface area contributed by atoms with E-state index in [2.05, 4.69) is 57.2 Å². The number of benzene rings is 3. The summed E-state index contributed by atoms with van der Waals surface area (Å²) < 4.78 is 8.28. The minimum Gasteiger partial charge on any atom is -0.491 e. The van der Waals surface area contributed by atoms with Crippen molar-refractivity contribution in [1.82, 2.24) is 14.8 Å². The second-order valence-corrected chi connectivity index (χ2v) is 10.6. The van der Waals surface area contributed by atoms with Crippen LogP contribution in [0.15, 0.2) is 65.8 Å². The smallest absolute Gasteiger partial charge is 0.191 e. The van der Waals surface area contributed by atoms with E-state index in [0.717, 1.165) is 23.2 Å². The van der Waals surface area contributed by atoms with E-state index in [0.29, 0.717) is 28.4 Å². The highest BCUT2D eigenvalue weighted by Gasteiger charge is 2.23. The molecular weight excluding hydrogens is 485 g/mol. The minimum atomic E-state index is 0.461. The summed E-state index contributed by atoms with van der Waals surface area (Å²) >= 11 is 13.9. The predicted octanol–water partition coefficient (Wildman–Crippen LogP) is 8.01. The molecule has 1 aliphatic carbocycles. The van der Waals surface area contributed by atoms with Crippen molar-refractivity contribution >= 4 is 45.7 Å². The molecular formula is C27H27Cl2N3OS. The van der Waals surface area contributed by atoms with Gasteiger partial charge in [-0.1, -0.05) is 96.7 Å². The Morgan fingerprint density at radius 2 is 1.76 bits per heavy atom. The number of rotatable bonds is 8. The van der Waals surface area contributed by atoms with E-state index in [9.17, 15) is 0 Å². The number of ether oxygens (including phenoxy) is 1. The number of thioether (sulfide) groups is 1. The Bertz CT molecular complexity index is 1260. The maximum absolute atomic E-state index is 6.23. The third kappa shape index (κ3) is 5.37. The average Bonchev–Trinajstić information content (AvgIpc) is 3.26. The van der Waals surface area contributed by atoms with Gasteiger partial charge in [0.2, 0.25) is 0 Å². The largest absolute Gasteiger partial charge is 0.491 e. The molecule has 4 aromatic rings. The van der Waals surface area contributed by atoms with E-state index in [1.54, 1.807) is 23.9 Å². The normalized spacial score (nSPS) is 14.5. The van der Waals surface area contributed by atoms with Crippen molar-refractivity contribution in [2.45, 2.75) is 49.7 Å². The molecule has 0 atom stereocenters. The lowest BCUT2D eigenvalue weighted by atomic mass is 9.95. The van der Waals surface area contributed by atoms with Crippen molar-refractivity contribution in [3.05, 3.63) is 82.1 Å². The van der Waals surface area contributed by atoms with Crippen LogP contribution in [-0.4, -0.2) is 27.1 Å². The van der Waals surface area contributed by atoms with E-state index in [4.69, 9.17) is 27.9 Å². The van der Waals surface area contributed by atoms with Crippen LogP contribution in [0.1, 0.15) is 49.5 Å². The Labute approximate surface area is 214 Å². The Morgan fingerprint density at radius 1 is 0.941 bits per heavy atom. The Hall–Kier alpha value is -2.21. The van der Waals surface area contributed by atoms with E-state index >= 15 is 0 Å². The van der Waals surface area contributed by atoms with E-state index in [1.165, 1.54) is 48.4 Å². The van der Waals surface area contributed by atoms with Crippen molar-refractivity contribution < 1.29 is 4.74 Å². The van der Waals surface area contributed by atoms with Crippen LogP contribution in [0.5, 0.6) is 5.75 Å². The molecule has 1 heterocycles. The maximum atomic E-state index is 6.23. The number of hydrogen-bond acceptors (Lipinski definition) is 4. The summed E-state index contributed by atoms with van der Waals surface area (Å²) in [5.41, 5.74) is 1.29. The van der Waals surface area contributed by atoms with Crippen LogP contribution in [0.2, 0.25) is 10.0 Å². The first-order valence-corrected chi connectivity index (χ1v) is 13.5. The van der Waals surface area contributed by atoms with Gasteiger partial charge in [-0.05, 0) is 47.4 Å². The molecule has 1 aromatic heterocycles.